The van der Waals surface area contributed by atoms with E-state index in [-0.39, 0.29) is 18.2 Å². The summed E-state index contributed by atoms with van der Waals surface area (Å²) in [5.41, 5.74) is 4.32. The Bertz CT molecular complexity index is 482. The van der Waals surface area contributed by atoms with Crippen LogP contribution in [0, 0.1) is 0 Å². The highest BCUT2D eigenvalue weighted by atomic mass is 32.1. The second-order valence-corrected chi connectivity index (χ2v) is 5.55. The Labute approximate surface area is 110 Å². The molecule has 1 aromatic rings. The molecule has 4 N–H and O–H groups in total. The number of carbonyl (C=O) groups excluding carboxylic acids is 2. The van der Waals surface area contributed by atoms with E-state index in [2.05, 4.69) is 10.7 Å². The first-order valence-electron chi connectivity index (χ1n) is 6.02. The van der Waals surface area contributed by atoms with E-state index in [1.54, 1.807) is 11.3 Å². The van der Waals surface area contributed by atoms with Gasteiger partial charge in [0.2, 0.25) is 11.8 Å². The number of nitrogens with two attached hydrogens (primary N) is 1. The summed E-state index contributed by atoms with van der Waals surface area (Å²) in [6.07, 6.45) is 4.57. The van der Waals surface area contributed by atoms with Gasteiger partial charge in [-0.15, -0.1) is 11.3 Å². The number of carbonyl (C=O) groups is 2. The Morgan fingerprint density at radius 3 is 2.72 bits per heavy atom. The van der Waals surface area contributed by atoms with Crippen molar-refractivity contribution in [2.24, 2.45) is 5.84 Å². The normalized spacial score (nSPS) is 13.9. The molecule has 1 aliphatic carbocycles. The number of thiophene rings is 1. The number of fused-ring (bicyclic) bond motifs is 1. The van der Waals surface area contributed by atoms with Gasteiger partial charge in [-0.3, -0.25) is 15.0 Å². The van der Waals surface area contributed by atoms with Crippen LogP contribution >= 0.6 is 11.3 Å². The molecule has 0 saturated heterocycles. The summed E-state index contributed by atoms with van der Waals surface area (Å²) in [6.45, 7) is 1.48. The Kier molecular flexibility index (Phi) is 3.98. The lowest BCUT2D eigenvalue weighted by atomic mass is 9.94. The smallest absolute Gasteiger partial charge is 0.238 e. The van der Waals surface area contributed by atoms with Gasteiger partial charge in [-0.25, -0.2) is 5.84 Å². The molecule has 2 amide bonds. The lowest BCUT2D eigenvalue weighted by Crippen LogP contribution is -2.31. The van der Waals surface area contributed by atoms with Crippen LogP contribution in [-0.2, 0) is 28.9 Å². The molecular formula is C12H17N3O2S. The molecule has 1 heterocycles. The van der Waals surface area contributed by atoms with Crippen molar-refractivity contribution >= 4 is 28.2 Å². The average Bonchev–Trinajstić information content (AvgIpc) is 2.66. The Morgan fingerprint density at radius 2 is 2.06 bits per heavy atom. The molecule has 1 aliphatic rings. The van der Waals surface area contributed by atoms with Crippen LogP contribution in [0.5, 0.6) is 0 Å². The zero-order chi connectivity index (χ0) is 13.1. The maximum Gasteiger partial charge on any atom is 0.238 e. The Balaban J connectivity index is 2.35. The van der Waals surface area contributed by atoms with Crippen molar-refractivity contribution in [3.63, 3.8) is 0 Å². The van der Waals surface area contributed by atoms with Gasteiger partial charge in [0, 0.05) is 11.8 Å². The van der Waals surface area contributed by atoms with Crippen molar-refractivity contribution in [1.82, 2.24) is 5.43 Å². The zero-order valence-corrected chi connectivity index (χ0v) is 11.2. The summed E-state index contributed by atoms with van der Waals surface area (Å²) in [4.78, 5) is 24.0. The second kappa shape index (κ2) is 5.49. The molecule has 0 radical (unpaired) electrons. The summed E-state index contributed by atoms with van der Waals surface area (Å²) in [5.74, 6) is 4.80. The molecule has 0 atom stereocenters. The number of hydrazine groups is 1. The lowest BCUT2D eigenvalue weighted by molar-refractivity contribution is -0.120. The van der Waals surface area contributed by atoms with Gasteiger partial charge in [0.25, 0.3) is 0 Å². The fourth-order valence-electron chi connectivity index (χ4n) is 2.29. The second-order valence-electron chi connectivity index (χ2n) is 4.44. The molecule has 0 saturated carbocycles. The maximum absolute atomic E-state index is 11.5. The molecule has 2 rings (SSSR count). The number of hydrogen-bond donors (Lipinski definition) is 3. The molecule has 5 nitrogen and oxygen atoms in total. The van der Waals surface area contributed by atoms with Gasteiger partial charge in [-0.2, -0.15) is 0 Å². The average molecular weight is 267 g/mol. The topological polar surface area (TPSA) is 84.2 Å². The first-order valence-corrected chi connectivity index (χ1v) is 6.84. The minimum Gasteiger partial charge on any atom is -0.318 e. The molecule has 0 aromatic carbocycles. The van der Waals surface area contributed by atoms with Crippen molar-refractivity contribution in [3.8, 4) is 0 Å². The van der Waals surface area contributed by atoms with Gasteiger partial charge < -0.3 is 5.32 Å². The van der Waals surface area contributed by atoms with Crippen LogP contribution in [0.25, 0.3) is 0 Å². The van der Waals surface area contributed by atoms with Crippen LogP contribution in [0.3, 0.4) is 0 Å². The fraction of sp³-hybridized carbons (Fsp3) is 0.500. The van der Waals surface area contributed by atoms with Crippen LogP contribution in [0.15, 0.2) is 0 Å². The molecule has 0 unspecified atom stereocenters. The molecule has 0 fully saturated rings. The summed E-state index contributed by atoms with van der Waals surface area (Å²) >= 11 is 1.59. The molecular weight excluding hydrogens is 250 g/mol. The highest BCUT2D eigenvalue weighted by molar-refractivity contribution is 7.16. The summed E-state index contributed by atoms with van der Waals surface area (Å²) in [5, 5.41) is 3.62. The van der Waals surface area contributed by atoms with Gasteiger partial charge in [-0.1, -0.05) is 0 Å². The number of amides is 2. The predicted molar refractivity (Wildman–Crippen MR) is 71.3 cm³/mol. The van der Waals surface area contributed by atoms with E-state index < -0.39 is 0 Å². The van der Waals surface area contributed by atoms with Gasteiger partial charge in [0.15, 0.2) is 0 Å². The third-order valence-corrected chi connectivity index (χ3v) is 4.32. The van der Waals surface area contributed by atoms with Gasteiger partial charge >= 0.3 is 0 Å². The number of rotatable bonds is 3. The molecule has 0 spiro atoms. The SMILES string of the molecule is CC(=O)Nc1sc2c(c1CC(=O)NN)CCCC2. The first kappa shape index (κ1) is 13.0. The van der Waals surface area contributed by atoms with Crippen LogP contribution < -0.4 is 16.6 Å². The van der Waals surface area contributed by atoms with E-state index in [4.69, 9.17) is 5.84 Å². The Morgan fingerprint density at radius 1 is 1.33 bits per heavy atom. The standard InChI is InChI=1S/C12H17N3O2S/c1-7(16)14-12-9(6-11(17)15-13)8-4-2-3-5-10(8)18-12/h2-6,13H2,1H3,(H,14,16)(H,15,17). The molecule has 18 heavy (non-hydrogen) atoms. The Hall–Kier alpha value is -1.40. The van der Waals surface area contributed by atoms with Crippen molar-refractivity contribution in [1.29, 1.82) is 0 Å². The van der Waals surface area contributed by atoms with E-state index in [0.29, 0.717) is 0 Å². The van der Waals surface area contributed by atoms with Gasteiger partial charge in [0.05, 0.1) is 11.4 Å². The highest BCUT2D eigenvalue weighted by Crippen LogP contribution is 2.38. The third kappa shape index (κ3) is 2.70. The zero-order valence-electron chi connectivity index (χ0n) is 10.3. The van der Waals surface area contributed by atoms with Crippen molar-refractivity contribution < 1.29 is 9.59 Å². The quantitative estimate of drug-likeness (QED) is 0.436. The minimum absolute atomic E-state index is 0.108. The van der Waals surface area contributed by atoms with Crippen LogP contribution in [0.4, 0.5) is 5.00 Å². The number of hydrogen-bond acceptors (Lipinski definition) is 4. The van der Waals surface area contributed by atoms with E-state index in [0.717, 1.165) is 29.8 Å². The first-order chi connectivity index (χ1) is 8.61. The van der Waals surface area contributed by atoms with Crippen molar-refractivity contribution in [3.05, 3.63) is 16.0 Å². The minimum atomic E-state index is -0.229. The predicted octanol–water partition coefficient (Wildman–Crippen LogP) is 1.12. The molecule has 0 aliphatic heterocycles. The summed E-state index contributed by atoms with van der Waals surface area (Å²) < 4.78 is 0. The highest BCUT2D eigenvalue weighted by Gasteiger charge is 2.22. The van der Waals surface area contributed by atoms with E-state index >= 15 is 0 Å². The number of aryl methyl sites for hydroxylation is 1. The summed E-state index contributed by atoms with van der Waals surface area (Å²) in [7, 11) is 0. The maximum atomic E-state index is 11.5. The molecule has 1 aromatic heterocycles. The molecule has 0 bridgehead atoms. The summed E-state index contributed by atoms with van der Waals surface area (Å²) in [6, 6.07) is 0. The van der Waals surface area contributed by atoms with E-state index in [9.17, 15) is 9.59 Å². The van der Waals surface area contributed by atoms with Crippen molar-refractivity contribution in [2.75, 3.05) is 5.32 Å². The fourth-order valence-corrected chi connectivity index (χ4v) is 3.65. The van der Waals surface area contributed by atoms with Gasteiger partial charge in [-0.05, 0) is 36.8 Å². The third-order valence-electron chi connectivity index (χ3n) is 3.07. The van der Waals surface area contributed by atoms with E-state index in [1.807, 2.05) is 0 Å². The largest absolute Gasteiger partial charge is 0.318 e. The molecule has 98 valence electrons. The number of anilines is 1. The van der Waals surface area contributed by atoms with Crippen molar-refractivity contribution in [2.45, 2.75) is 39.0 Å². The molecule has 6 heteroatoms. The lowest BCUT2D eigenvalue weighted by Gasteiger charge is -2.12. The monoisotopic (exact) mass is 267 g/mol. The van der Waals surface area contributed by atoms with Crippen LogP contribution in [0.2, 0.25) is 0 Å². The number of nitrogens with one attached hydrogen (secondary N) is 2. The van der Waals surface area contributed by atoms with Crippen LogP contribution in [-0.4, -0.2) is 11.8 Å². The van der Waals surface area contributed by atoms with Gasteiger partial charge in [0.1, 0.15) is 0 Å². The van der Waals surface area contributed by atoms with E-state index in [1.165, 1.54) is 23.8 Å². The van der Waals surface area contributed by atoms with Crippen LogP contribution in [0.1, 0.15) is 35.8 Å².